The molecule has 4 heteroatoms. The van der Waals surface area contributed by atoms with E-state index in [0.29, 0.717) is 12.1 Å². The molecule has 0 saturated heterocycles. The summed E-state index contributed by atoms with van der Waals surface area (Å²) in [4.78, 5) is 21.6. The van der Waals surface area contributed by atoms with E-state index in [9.17, 15) is 9.59 Å². The molecule has 4 nitrogen and oxygen atoms in total. The molecule has 0 aliphatic heterocycles. The highest BCUT2D eigenvalue weighted by Gasteiger charge is 2.06. The third kappa shape index (κ3) is 4.05. The number of aryl methyl sites for hydroxylation is 3. The molecule has 18 heavy (non-hydrogen) atoms. The second kappa shape index (κ2) is 6.00. The van der Waals surface area contributed by atoms with Gasteiger partial charge in [-0.15, -0.1) is 0 Å². The molecule has 1 aromatic carbocycles. The average molecular weight is 246 g/mol. The monoisotopic (exact) mass is 246 g/mol. The normalized spacial score (nSPS) is 11.3. The van der Waals surface area contributed by atoms with Gasteiger partial charge in [0.05, 0.1) is 0 Å². The van der Waals surface area contributed by atoms with Crippen LogP contribution in [0.1, 0.15) is 23.1 Å². The number of carbonyl (C=O) groups excluding carboxylic acids is 2. The Balaban J connectivity index is 2.65. The second-order valence-corrected chi connectivity index (χ2v) is 4.38. The first kappa shape index (κ1) is 14.0. The topological polar surface area (TPSA) is 86.2 Å². The first-order valence-electron chi connectivity index (χ1n) is 5.76. The van der Waals surface area contributed by atoms with Crippen LogP contribution in [-0.4, -0.2) is 11.7 Å². The van der Waals surface area contributed by atoms with Crippen molar-refractivity contribution in [1.29, 1.82) is 0 Å². The highest BCUT2D eigenvalue weighted by atomic mass is 16.2. The van der Waals surface area contributed by atoms with E-state index in [1.165, 1.54) is 16.7 Å². The standard InChI is InChI=1S/C14H18N2O2/c1-9-3-4-11(10(2)7-9)5-6-12(15)8-13(17)14(16)18/h3-4,7-8H,5-6,15H2,1-2H3,(H2,16,18)/b12-8-. The molecule has 0 aromatic heterocycles. The number of nitrogens with two attached hydrogens (primary N) is 2. The molecule has 0 unspecified atom stereocenters. The zero-order chi connectivity index (χ0) is 13.7. The van der Waals surface area contributed by atoms with E-state index in [-0.39, 0.29) is 0 Å². The number of amides is 1. The molecule has 1 rings (SSSR count). The van der Waals surface area contributed by atoms with E-state index in [0.717, 1.165) is 12.5 Å². The maximum absolute atomic E-state index is 11.0. The molecule has 0 fully saturated rings. The summed E-state index contributed by atoms with van der Waals surface area (Å²) in [6.45, 7) is 4.08. The van der Waals surface area contributed by atoms with E-state index < -0.39 is 11.7 Å². The number of ketones is 1. The van der Waals surface area contributed by atoms with Crippen molar-refractivity contribution in [2.75, 3.05) is 0 Å². The molecule has 1 amide bonds. The largest absolute Gasteiger partial charge is 0.402 e. The van der Waals surface area contributed by atoms with Gasteiger partial charge in [0, 0.05) is 11.8 Å². The number of rotatable bonds is 5. The summed E-state index contributed by atoms with van der Waals surface area (Å²) in [5, 5.41) is 0. The van der Waals surface area contributed by atoms with E-state index in [2.05, 4.69) is 6.07 Å². The van der Waals surface area contributed by atoms with Gasteiger partial charge in [-0.05, 0) is 37.8 Å². The molecule has 0 heterocycles. The van der Waals surface area contributed by atoms with Gasteiger partial charge in [-0.3, -0.25) is 9.59 Å². The predicted octanol–water partition coefficient (Wildman–Crippen LogP) is 1.13. The first-order chi connectivity index (χ1) is 8.40. The van der Waals surface area contributed by atoms with Crippen molar-refractivity contribution in [1.82, 2.24) is 0 Å². The highest BCUT2D eigenvalue weighted by Crippen LogP contribution is 2.13. The third-order valence-corrected chi connectivity index (χ3v) is 2.74. The fourth-order valence-electron chi connectivity index (χ4n) is 1.72. The van der Waals surface area contributed by atoms with Crippen molar-refractivity contribution in [3.05, 3.63) is 46.7 Å². The molecule has 0 radical (unpaired) electrons. The van der Waals surface area contributed by atoms with Crippen molar-refractivity contribution in [3.63, 3.8) is 0 Å². The van der Waals surface area contributed by atoms with E-state index in [1.807, 2.05) is 26.0 Å². The Bertz CT molecular complexity index is 505. The van der Waals surface area contributed by atoms with Gasteiger partial charge < -0.3 is 11.5 Å². The Morgan fingerprint density at radius 3 is 2.44 bits per heavy atom. The van der Waals surface area contributed by atoms with Crippen LogP contribution in [0.2, 0.25) is 0 Å². The minimum absolute atomic E-state index is 0.374. The van der Waals surface area contributed by atoms with Gasteiger partial charge in [-0.25, -0.2) is 0 Å². The maximum atomic E-state index is 11.0. The van der Waals surface area contributed by atoms with Crippen molar-refractivity contribution >= 4 is 11.7 Å². The summed E-state index contributed by atoms with van der Waals surface area (Å²) in [6.07, 6.45) is 2.37. The number of primary amides is 1. The molecular formula is C14H18N2O2. The summed E-state index contributed by atoms with van der Waals surface area (Å²) in [5.74, 6) is -1.74. The van der Waals surface area contributed by atoms with Crippen LogP contribution in [0.25, 0.3) is 0 Å². The van der Waals surface area contributed by atoms with Crippen molar-refractivity contribution in [2.24, 2.45) is 11.5 Å². The Hall–Kier alpha value is -2.10. The highest BCUT2D eigenvalue weighted by molar-refractivity contribution is 6.40. The zero-order valence-electron chi connectivity index (χ0n) is 10.7. The Labute approximate surface area is 107 Å². The van der Waals surface area contributed by atoms with Crippen LogP contribution in [0.3, 0.4) is 0 Å². The molecule has 4 N–H and O–H groups in total. The fraction of sp³-hybridized carbons (Fsp3) is 0.286. The Morgan fingerprint density at radius 1 is 1.22 bits per heavy atom. The lowest BCUT2D eigenvalue weighted by Crippen LogP contribution is -2.22. The number of allylic oxidation sites excluding steroid dienone is 1. The summed E-state index contributed by atoms with van der Waals surface area (Å²) in [7, 11) is 0. The summed E-state index contributed by atoms with van der Waals surface area (Å²) < 4.78 is 0. The first-order valence-corrected chi connectivity index (χ1v) is 5.76. The number of carbonyl (C=O) groups is 2. The van der Waals surface area contributed by atoms with Crippen molar-refractivity contribution in [3.8, 4) is 0 Å². The van der Waals surface area contributed by atoms with Gasteiger partial charge in [0.1, 0.15) is 0 Å². The van der Waals surface area contributed by atoms with Gasteiger partial charge >= 0.3 is 0 Å². The molecular weight excluding hydrogens is 228 g/mol. The van der Waals surface area contributed by atoms with Crippen LogP contribution in [0.4, 0.5) is 0 Å². The number of benzene rings is 1. The molecule has 1 aromatic rings. The lowest BCUT2D eigenvalue weighted by Gasteiger charge is -2.07. The minimum Gasteiger partial charge on any atom is -0.402 e. The summed E-state index contributed by atoms with van der Waals surface area (Å²) in [5.41, 5.74) is 14.5. The lowest BCUT2D eigenvalue weighted by atomic mass is 10.0. The predicted molar refractivity (Wildman–Crippen MR) is 70.7 cm³/mol. The molecule has 0 aliphatic rings. The zero-order valence-corrected chi connectivity index (χ0v) is 10.7. The van der Waals surface area contributed by atoms with E-state index in [1.54, 1.807) is 0 Å². The van der Waals surface area contributed by atoms with Gasteiger partial charge in [0.15, 0.2) is 0 Å². The molecule has 0 spiro atoms. The van der Waals surface area contributed by atoms with Crippen LogP contribution >= 0.6 is 0 Å². The van der Waals surface area contributed by atoms with Gasteiger partial charge in [-0.2, -0.15) is 0 Å². The van der Waals surface area contributed by atoms with Crippen LogP contribution in [-0.2, 0) is 16.0 Å². The average Bonchev–Trinajstić information content (AvgIpc) is 2.27. The van der Waals surface area contributed by atoms with E-state index >= 15 is 0 Å². The van der Waals surface area contributed by atoms with Gasteiger partial charge in [0.2, 0.25) is 5.78 Å². The number of hydrogen-bond acceptors (Lipinski definition) is 3. The fourth-order valence-corrected chi connectivity index (χ4v) is 1.72. The smallest absolute Gasteiger partial charge is 0.289 e. The Kier molecular flexibility index (Phi) is 4.66. The van der Waals surface area contributed by atoms with Crippen LogP contribution in [0.15, 0.2) is 30.0 Å². The van der Waals surface area contributed by atoms with Crippen LogP contribution in [0.5, 0.6) is 0 Å². The Morgan fingerprint density at radius 2 is 1.89 bits per heavy atom. The molecule has 0 saturated carbocycles. The van der Waals surface area contributed by atoms with Gasteiger partial charge in [0.25, 0.3) is 5.91 Å². The quantitative estimate of drug-likeness (QED) is 0.603. The van der Waals surface area contributed by atoms with Crippen LogP contribution < -0.4 is 11.5 Å². The number of hydrogen-bond donors (Lipinski definition) is 2. The van der Waals surface area contributed by atoms with Crippen LogP contribution in [0, 0.1) is 13.8 Å². The summed E-state index contributed by atoms with van der Waals surface area (Å²) in [6, 6.07) is 6.19. The third-order valence-electron chi connectivity index (χ3n) is 2.74. The summed E-state index contributed by atoms with van der Waals surface area (Å²) >= 11 is 0. The van der Waals surface area contributed by atoms with Gasteiger partial charge in [-0.1, -0.05) is 23.8 Å². The SMILES string of the molecule is Cc1ccc(CC/C(N)=C/C(=O)C(N)=O)c(C)c1. The minimum atomic E-state index is -0.982. The molecule has 0 atom stereocenters. The van der Waals surface area contributed by atoms with Crippen molar-refractivity contribution < 1.29 is 9.59 Å². The van der Waals surface area contributed by atoms with Crippen molar-refractivity contribution in [2.45, 2.75) is 26.7 Å². The molecule has 0 bridgehead atoms. The van der Waals surface area contributed by atoms with E-state index in [4.69, 9.17) is 11.5 Å². The second-order valence-electron chi connectivity index (χ2n) is 4.38. The maximum Gasteiger partial charge on any atom is 0.289 e. The molecule has 0 aliphatic carbocycles. The lowest BCUT2D eigenvalue weighted by molar-refractivity contribution is -0.133. The molecule has 96 valence electrons.